The second-order valence-corrected chi connectivity index (χ2v) is 9.23. The van der Waals surface area contributed by atoms with Gasteiger partial charge in [-0.05, 0) is 61.6 Å². The van der Waals surface area contributed by atoms with Crippen molar-refractivity contribution >= 4 is 23.4 Å². The number of hydrogen-bond acceptors (Lipinski definition) is 4. The van der Waals surface area contributed by atoms with Crippen molar-refractivity contribution in [3.05, 3.63) is 58.6 Å². The van der Waals surface area contributed by atoms with Gasteiger partial charge in [-0.3, -0.25) is 9.59 Å². The summed E-state index contributed by atoms with van der Waals surface area (Å²) in [5, 5.41) is 3.77. The molecule has 7 heteroatoms. The van der Waals surface area contributed by atoms with E-state index in [1.807, 2.05) is 37.3 Å². The Morgan fingerprint density at radius 3 is 2.42 bits per heavy atom. The van der Waals surface area contributed by atoms with E-state index >= 15 is 0 Å². The highest BCUT2D eigenvalue weighted by Gasteiger charge is 2.28. The molecule has 33 heavy (non-hydrogen) atoms. The lowest BCUT2D eigenvalue weighted by atomic mass is 10.1. The van der Waals surface area contributed by atoms with E-state index in [0.29, 0.717) is 43.4 Å². The number of rotatable bonds is 8. The number of benzene rings is 2. The van der Waals surface area contributed by atoms with Gasteiger partial charge in [-0.1, -0.05) is 42.6 Å². The van der Waals surface area contributed by atoms with Crippen LogP contribution in [0.5, 0.6) is 11.5 Å². The van der Waals surface area contributed by atoms with Crippen molar-refractivity contribution in [3.63, 3.8) is 0 Å². The molecule has 4 rings (SSSR count). The molecule has 2 amide bonds. The molecule has 0 saturated heterocycles. The summed E-state index contributed by atoms with van der Waals surface area (Å²) >= 11 is 6.02. The summed E-state index contributed by atoms with van der Waals surface area (Å²) in [4.78, 5) is 28.0. The summed E-state index contributed by atoms with van der Waals surface area (Å²) in [6, 6.07) is 12.8. The molecule has 1 saturated carbocycles. The highest BCUT2D eigenvalue weighted by molar-refractivity contribution is 6.30. The summed E-state index contributed by atoms with van der Waals surface area (Å²) in [5.74, 6) is 1.30. The first-order chi connectivity index (χ1) is 16.0. The van der Waals surface area contributed by atoms with E-state index in [9.17, 15) is 9.59 Å². The average molecular weight is 471 g/mol. The van der Waals surface area contributed by atoms with Gasteiger partial charge >= 0.3 is 0 Å². The fourth-order valence-corrected chi connectivity index (χ4v) is 4.53. The maximum atomic E-state index is 13.3. The van der Waals surface area contributed by atoms with Gasteiger partial charge in [0.2, 0.25) is 11.8 Å². The Hall–Kier alpha value is -2.73. The smallest absolute Gasteiger partial charge is 0.242 e. The highest BCUT2D eigenvalue weighted by Crippen LogP contribution is 2.31. The second kappa shape index (κ2) is 10.9. The van der Waals surface area contributed by atoms with Crippen LogP contribution in [0.3, 0.4) is 0 Å². The van der Waals surface area contributed by atoms with Gasteiger partial charge in [0, 0.05) is 24.0 Å². The van der Waals surface area contributed by atoms with E-state index in [4.69, 9.17) is 21.1 Å². The highest BCUT2D eigenvalue weighted by atomic mass is 35.5. The third-order valence-corrected chi connectivity index (χ3v) is 6.62. The molecule has 0 aromatic heterocycles. The van der Waals surface area contributed by atoms with Crippen molar-refractivity contribution < 1.29 is 19.1 Å². The number of hydrogen-bond donors (Lipinski definition) is 1. The molecule has 176 valence electrons. The number of nitrogens with zero attached hydrogens (tertiary/aromatic N) is 1. The van der Waals surface area contributed by atoms with Crippen molar-refractivity contribution in [3.8, 4) is 11.5 Å². The molecule has 2 aromatic carbocycles. The zero-order valence-electron chi connectivity index (χ0n) is 19.0. The molecule has 1 N–H and O–H groups in total. The number of amides is 2. The molecule has 1 fully saturated rings. The molecule has 1 atom stereocenters. The van der Waals surface area contributed by atoms with Crippen molar-refractivity contribution in [2.45, 2.75) is 64.1 Å². The van der Waals surface area contributed by atoms with E-state index in [1.165, 1.54) is 0 Å². The lowest BCUT2D eigenvalue weighted by molar-refractivity contribution is -0.140. The maximum Gasteiger partial charge on any atom is 0.242 e. The lowest BCUT2D eigenvalue weighted by Gasteiger charge is -2.30. The lowest BCUT2D eigenvalue weighted by Crippen LogP contribution is -2.49. The van der Waals surface area contributed by atoms with Crippen LogP contribution in [0, 0.1) is 0 Å². The van der Waals surface area contributed by atoms with Gasteiger partial charge in [-0.2, -0.15) is 0 Å². The number of aryl methyl sites for hydroxylation is 1. The van der Waals surface area contributed by atoms with Crippen LogP contribution in [0.2, 0.25) is 5.02 Å². The van der Waals surface area contributed by atoms with Crippen LogP contribution in [-0.4, -0.2) is 42.0 Å². The summed E-state index contributed by atoms with van der Waals surface area (Å²) in [6.07, 6.45) is 5.16. The Morgan fingerprint density at radius 2 is 1.70 bits per heavy atom. The number of halogens is 1. The van der Waals surface area contributed by atoms with Gasteiger partial charge < -0.3 is 19.7 Å². The molecule has 1 aliphatic carbocycles. The Morgan fingerprint density at radius 1 is 1.03 bits per heavy atom. The first kappa shape index (κ1) is 23.4. The minimum absolute atomic E-state index is 0.0612. The molecule has 0 bridgehead atoms. The monoisotopic (exact) mass is 470 g/mol. The number of carbonyl (C=O) groups excluding carboxylic acids is 2. The minimum atomic E-state index is -0.561. The summed E-state index contributed by atoms with van der Waals surface area (Å²) in [6.45, 7) is 3.24. The van der Waals surface area contributed by atoms with Crippen molar-refractivity contribution in [2.24, 2.45) is 0 Å². The number of carbonyl (C=O) groups is 2. The van der Waals surface area contributed by atoms with E-state index < -0.39 is 6.04 Å². The molecule has 6 nitrogen and oxygen atoms in total. The van der Waals surface area contributed by atoms with Gasteiger partial charge in [0.15, 0.2) is 11.5 Å². The predicted octanol–water partition coefficient (Wildman–Crippen LogP) is 4.52. The maximum absolute atomic E-state index is 13.3. The first-order valence-corrected chi connectivity index (χ1v) is 12.1. The van der Waals surface area contributed by atoms with Crippen molar-refractivity contribution in [2.75, 3.05) is 13.2 Å². The van der Waals surface area contributed by atoms with E-state index in [2.05, 4.69) is 5.32 Å². The van der Waals surface area contributed by atoms with E-state index in [0.717, 1.165) is 42.6 Å². The standard InChI is InChI=1S/C26H31ClN2O4/c1-18(26(31)28-22-4-2-3-5-22)29(17-20-6-10-21(27)11-7-20)25(30)13-9-19-8-12-23-24(16-19)33-15-14-32-23/h6-8,10-12,16,18,22H,2-5,9,13-15,17H2,1H3,(H,28,31)/t18-/m0/s1. The van der Waals surface area contributed by atoms with Crippen molar-refractivity contribution in [1.82, 2.24) is 10.2 Å². The second-order valence-electron chi connectivity index (χ2n) is 8.79. The third kappa shape index (κ3) is 6.20. The topological polar surface area (TPSA) is 67.9 Å². The Kier molecular flexibility index (Phi) is 7.76. The van der Waals surface area contributed by atoms with E-state index in [1.54, 1.807) is 17.0 Å². The summed E-state index contributed by atoms with van der Waals surface area (Å²) < 4.78 is 11.2. The SMILES string of the molecule is C[C@@H](C(=O)NC1CCCC1)N(Cc1ccc(Cl)cc1)C(=O)CCc1ccc2c(c1)OCCO2. The molecule has 2 aliphatic rings. The van der Waals surface area contributed by atoms with Crippen LogP contribution in [0.15, 0.2) is 42.5 Å². The normalized spacial score (nSPS) is 16.3. The molecule has 1 heterocycles. The summed E-state index contributed by atoms with van der Waals surface area (Å²) in [5.41, 5.74) is 1.94. The van der Waals surface area contributed by atoms with E-state index in [-0.39, 0.29) is 17.9 Å². The van der Waals surface area contributed by atoms with Gasteiger partial charge in [0.05, 0.1) is 0 Å². The number of ether oxygens (including phenoxy) is 2. The zero-order chi connectivity index (χ0) is 23.2. The van der Waals surface area contributed by atoms with Gasteiger partial charge in [0.25, 0.3) is 0 Å². The minimum Gasteiger partial charge on any atom is -0.486 e. The van der Waals surface area contributed by atoms with Crippen LogP contribution in [0.25, 0.3) is 0 Å². The summed E-state index contributed by atoms with van der Waals surface area (Å²) in [7, 11) is 0. The Labute approximate surface area is 200 Å². The van der Waals surface area contributed by atoms with Crippen LogP contribution in [0.1, 0.15) is 50.2 Å². The largest absolute Gasteiger partial charge is 0.486 e. The number of fused-ring (bicyclic) bond motifs is 1. The quantitative estimate of drug-likeness (QED) is 0.616. The first-order valence-electron chi connectivity index (χ1n) is 11.7. The van der Waals surface area contributed by atoms with Crippen LogP contribution in [0.4, 0.5) is 0 Å². The zero-order valence-corrected chi connectivity index (χ0v) is 19.8. The molecule has 0 spiro atoms. The fourth-order valence-electron chi connectivity index (χ4n) is 4.40. The van der Waals surface area contributed by atoms with Gasteiger partial charge in [-0.25, -0.2) is 0 Å². The molecule has 0 unspecified atom stereocenters. The molecular formula is C26H31ClN2O4. The van der Waals surface area contributed by atoms with Crippen molar-refractivity contribution in [1.29, 1.82) is 0 Å². The van der Waals surface area contributed by atoms with Crippen LogP contribution >= 0.6 is 11.6 Å². The Balaban J connectivity index is 1.44. The third-order valence-electron chi connectivity index (χ3n) is 6.37. The molecule has 2 aromatic rings. The van der Waals surface area contributed by atoms with Crippen LogP contribution in [-0.2, 0) is 22.6 Å². The molecule has 1 aliphatic heterocycles. The molecular weight excluding hydrogens is 440 g/mol. The number of nitrogens with one attached hydrogen (secondary N) is 1. The van der Waals surface area contributed by atoms with Gasteiger partial charge in [-0.15, -0.1) is 0 Å². The van der Waals surface area contributed by atoms with Crippen LogP contribution < -0.4 is 14.8 Å². The average Bonchev–Trinajstić information content (AvgIpc) is 3.34. The predicted molar refractivity (Wildman–Crippen MR) is 128 cm³/mol. The molecule has 0 radical (unpaired) electrons. The Bertz CT molecular complexity index is 973. The van der Waals surface area contributed by atoms with Gasteiger partial charge in [0.1, 0.15) is 19.3 Å². The fraction of sp³-hybridized carbons (Fsp3) is 0.462.